The Hall–Kier alpha value is -3.19. The number of hydrogen-bond acceptors (Lipinski definition) is 7. The molecule has 0 aliphatic heterocycles. The summed E-state index contributed by atoms with van der Waals surface area (Å²) in [7, 11) is 0. The number of esters is 1. The van der Waals surface area contributed by atoms with Gasteiger partial charge in [-0.05, 0) is 67.4 Å². The second kappa shape index (κ2) is 12.7. The largest absolute Gasteiger partial charge is 0.494 e. The van der Waals surface area contributed by atoms with Crippen LogP contribution in [0.5, 0.6) is 11.5 Å². The van der Waals surface area contributed by atoms with Crippen molar-refractivity contribution in [2.75, 3.05) is 6.61 Å². The number of carbonyl (C=O) groups is 1. The Morgan fingerprint density at radius 1 is 0.889 bits per heavy atom. The van der Waals surface area contributed by atoms with Crippen molar-refractivity contribution in [2.45, 2.75) is 71.0 Å². The van der Waals surface area contributed by atoms with Crippen molar-refractivity contribution in [2.24, 2.45) is 0 Å². The summed E-state index contributed by atoms with van der Waals surface area (Å²) in [6.45, 7) is 4.39. The maximum atomic E-state index is 11.5. The number of carbonyl (C=O) groups excluding carboxylic acids is 1. The van der Waals surface area contributed by atoms with E-state index in [1.165, 1.54) is 50.4 Å². The maximum absolute atomic E-state index is 11.5. The highest BCUT2D eigenvalue weighted by molar-refractivity contribution is 7.17. The van der Waals surface area contributed by atoms with Gasteiger partial charge in [0.05, 0.1) is 6.61 Å². The summed E-state index contributed by atoms with van der Waals surface area (Å²) in [6.07, 6.45) is 12.7. The van der Waals surface area contributed by atoms with Crippen molar-refractivity contribution in [3.63, 3.8) is 0 Å². The van der Waals surface area contributed by atoms with Crippen LogP contribution >= 0.6 is 11.3 Å². The lowest BCUT2D eigenvalue weighted by Gasteiger charge is -2.27. The van der Waals surface area contributed by atoms with Crippen LogP contribution in [0, 0.1) is 0 Å². The van der Waals surface area contributed by atoms with Gasteiger partial charge in [0.2, 0.25) is 0 Å². The Labute approximate surface area is 217 Å². The van der Waals surface area contributed by atoms with E-state index >= 15 is 0 Å². The first-order valence-electron chi connectivity index (χ1n) is 12.8. The molecule has 1 aliphatic rings. The van der Waals surface area contributed by atoms with Crippen molar-refractivity contribution in [3.05, 3.63) is 60.7 Å². The number of ether oxygens (including phenoxy) is 3. The van der Waals surface area contributed by atoms with Crippen molar-refractivity contribution in [1.29, 1.82) is 0 Å². The highest BCUT2D eigenvalue weighted by atomic mass is 32.1. The molecule has 36 heavy (non-hydrogen) atoms. The van der Waals surface area contributed by atoms with E-state index in [4.69, 9.17) is 14.2 Å². The molecule has 0 radical (unpaired) electrons. The Morgan fingerprint density at radius 2 is 1.50 bits per heavy atom. The van der Waals surface area contributed by atoms with Crippen molar-refractivity contribution >= 4 is 17.3 Å². The predicted molar refractivity (Wildman–Crippen MR) is 143 cm³/mol. The van der Waals surface area contributed by atoms with Crippen LogP contribution < -0.4 is 9.47 Å². The summed E-state index contributed by atoms with van der Waals surface area (Å²) in [5.41, 5.74) is 1.97. The lowest BCUT2D eigenvalue weighted by molar-refractivity contribution is -0.179. The van der Waals surface area contributed by atoms with Crippen LogP contribution in [-0.4, -0.2) is 28.6 Å². The van der Waals surface area contributed by atoms with E-state index in [1.807, 2.05) is 60.7 Å². The molecule has 1 unspecified atom stereocenters. The number of hydrogen-bond donors (Lipinski definition) is 0. The van der Waals surface area contributed by atoms with Gasteiger partial charge in [-0.1, -0.05) is 56.4 Å². The summed E-state index contributed by atoms with van der Waals surface area (Å²) in [5.74, 6) is 0.134. The quantitative estimate of drug-likeness (QED) is 0.103. The number of unbranched alkanes of at least 4 members (excludes halogenated alkanes) is 5. The molecule has 1 aliphatic carbocycles. The van der Waals surface area contributed by atoms with Gasteiger partial charge in [0.25, 0.3) is 5.79 Å². The van der Waals surface area contributed by atoms with E-state index in [1.54, 1.807) is 0 Å². The molecular weight excluding hydrogens is 472 g/mol. The van der Waals surface area contributed by atoms with Gasteiger partial charge in [0.1, 0.15) is 21.5 Å². The van der Waals surface area contributed by atoms with Gasteiger partial charge in [-0.25, -0.2) is 0 Å². The van der Waals surface area contributed by atoms with E-state index < -0.39 is 5.79 Å². The lowest BCUT2D eigenvalue weighted by atomic mass is 10.1. The molecule has 190 valence electrons. The van der Waals surface area contributed by atoms with E-state index in [0.717, 1.165) is 46.3 Å². The van der Waals surface area contributed by atoms with E-state index in [-0.39, 0.29) is 5.97 Å². The molecule has 2 aromatic carbocycles. The first-order valence-corrected chi connectivity index (χ1v) is 13.6. The predicted octanol–water partition coefficient (Wildman–Crippen LogP) is 7.60. The maximum Gasteiger partial charge on any atom is 0.306 e. The second-order valence-electron chi connectivity index (χ2n) is 9.03. The Kier molecular flexibility index (Phi) is 9.11. The Morgan fingerprint density at radius 3 is 2.08 bits per heavy atom. The van der Waals surface area contributed by atoms with Crippen LogP contribution in [0.3, 0.4) is 0 Å². The zero-order chi connectivity index (χ0) is 25.2. The zero-order valence-electron chi connectivity index (χ0n) is 21.1. The summed E-state index contributed by atoms with van der Waals surface area (Å²) >= 11 is 1.54. The molecule has 0 N–H and O–H groups in total. The van der Waals surface area contributed by atoms with Crippen LogP contribution in [-0.2, 0) is 9.53 Å². The smallest absolute Gasteiger partial charge is 0.306 e. The fourth-order valence-corrected chi connectivity index (χ4v) is 5.01. The number of nitrogens with zero attached hydrogens (tertiary/aromatic N) is 2. The molecule has 1 aromatic heterocycles. The first kappa shape index (κ1) is 25.9. The highest BCUT2D eigenvalue weighted by Crippen LogP contribution is 2.34. The van der Waals surface area contributed by atoms with Gasteiger partial charge in [-0.15, -0.1) is 10.2 Å². The van der Waals surface area contributed by atoms with E-state index in [9.17, 15) is 4.79 Å². The van der Waals surface area contributed by atoms with Gasteiger partial charge in [0.15, 0.2) is 0 Å². The molecule has 3 aromatic rings. The van der Waals surface area contributed by atoms with Gasteiger partial charge in [-0.3, -0.25) is 4.79 Å². The Bertz CT molecular complexity index is 1140. The molecule has 1 atom stereocenters. The topological polar surface area (TPSA) is 70.5 Å². The molecule has 0 saturated carbocycles. The lowest BCUT2D eigenvalue weighted by Crippen LogP contribution is -2.36. The molecule has 6 nitrogen and oxygen atoms in total. The average molecular weight is 507 g/mol. The Balaban J connectivity index is 1.31. The van der Waals surface area contributed by atoms with Crippen LogP contribution in [0.15, 0.2) is 60.7 Å². The molecule has 0 saturated heterocycles. The molecule has 0 bridgehead atoms. The van der Waals surface area contributed by atoms with Gasteiger partial charge >= 0.3 is 5.97 Å². The SMILES string of the molecule is CCCCCCCCOc1ccc(-c2nnc(-c3ccc(OC4(OC(C)=O)C=CCC4)cc3)s2)cc1. The summed E-state index contributed by atoms with van der Waals surface area (Å²) in [6, 6.07) is 15.7. The molecule has 0 amide bonds. The van der Waals surface area contributed by atoms with Gasteiger partial charge in [-0.2, -0.15) is 0 Å². The van der Waals surface area contributed by atoms with Gasteiger partial charge < -0.3 is 14.2 Å². The first-order chi connectivity index (χ1) is 17.6. The molecule has 4 rings (SSSR count). The molecule has 1 heterocycles. The molecule has 0 fully saturated rings. The highest BCUT2D eigenvalue weighted by Gasteiger charge is 2.35. The minimum atomic E-state index is -1.02. The average Bonchev–Trinajstić information content (AvgIpc) is 3.54. The van der Waals surface area contributed by atoms with Crippen LogP contribution in [0.2, 0.25) is 0 Å². The van der Waals surface area contributed by atoms with Crippen molar-refractivity contribution < 1.29 is 19.0 Å². The molecule has 7 heteroatoms. The minimum Gasteiger partial charge on any atom is -0.494 e. The zero-order valence-corrected chi connectivity index (χ0v) is 21.9. The van der Waals surface area contributed by atoms with Crippen LogP contribution in [0.4, 0.5) is 0 Å². The monoisotopic (exact) mass is 506 g/mol. The third-order valence-corrected chi connectivity index (χ3v) is 7.05. The van der Waals surface area contributed by atoms with Gasteiger partial charge in [0, 0.05) is 24.5 Å². The third-order valence-electron chi connectivity index (χ3n) is 6.03. The van der Waals surface area contributed by atoms with E-state index in [2.05, 4.69) is 17.1 Å². The fourth-order valence-electron chi connectivity index (χ4n) is 4.15. The molecular formula is C29H34N2O4S. The third kappa shape index (κ3) is 7.17. The number of aromatic nitrogens is 2. The second-order valence-corrected chi connectivity index (χ2v) is 10.0. The normalized spacial score (nSPS) is 16.7. The number of allylic oxidation sites excluding steroid dienone is 1. The summed E-state index contributed by atoms with van der Waals surface area (Å²) in [4.78, 5) is 11.5. The standard InChI is InChI=1S/C29H34N2O4S/c1-3-4-5-6-7-10-21-33-25-15-11-23(12-16-25)27-30-31-28(36-27)24-13-17-26(18-14-24)35-29(34-22(2)32)19-8-9-20-29/h8,11-19H,3-7,9-10,20-21H2,1-2H3. The summed E-state index contributed by atoms with van der Waals surface area (Å²) < 4.78 is 17.4. The number of benzene rings is 2. The van der Waals surface area contributed by atoms with Crippen LogP contribution in [0.1, 0.15) is 65.2 Å². The molecule has 0 spiro atoms. The fraction of sp³-hybridized carbons (Fsp3) is 0.414. The summed E-state index contributed by atoms with van der Waals surface area (Å²) in [5, 5.41) is 10.4. The van der Waals surface area contributed by atoms with Crippen LogP contribution in [0.25, 0.3) is 21.1 Å². The van der Waals surface area contributed by atoms with Crippen molar-refractivity contribution in [1.82, 2.24) is 10.2 Å². The van der Waals surface area contributed by atoms with E-state index in [0.29, 0.717) is 12.2 Å². The number of rotatable bonds is 13. The van der Waals surface area contributed by atoms with Crippen molar-refractivity contribution in [3.8, 4) is 32.6 Å². The minimum absolute atomic E-state index is 0.364.